The molecular weight excluding hydrogens is 391 g/mol. The van der Waals surface area contributed by atoms with Gasteiger partial charge in [-0.3, -0.25) is 20.4 Å². The van der Waals surface area contributed by atoms with Crippen molar-refractivity contribution in [1.82, 2.24) is 10.9 Å². The van der Waals surface area contributed by atoms with Gasteiger partial charge in [0.2, 0.25) is 0 Å². The van der Waals surface area contributed by atoms with Crippen LogP contribution in [0.25, 0.3) is 0 Å². The number of hydrogen-bond acceptors (Lipinski definition) is 5. The minimum Gasteiger partial charge on any atom is -0.481 e. The Morgan fingerprint density at radius 3 is 2.32 bits per heavy atom. The largest absolute Gasteiger partial charge is 0.481 e. The van der Waals surface area contributed by atoms with Crippen LogP contribution in [0.15, 0.2) is 36.4 Å². The van der Waals surface area contributed by atoms with Gasteiger partial charge in [-0.2, -0.15) is 0 Å². The van der Waals surface area contributed by atoms with Crippen LogP contribution in [-0.2, 0) is 14.3 Å². The molecule has 0 unspecified atom stereocenters. The molecule has 0 spiro atoms. The van der Waals surface area contributed by atoms with Crippen LogP contribution in [0.2, 0.25) is 5.02 Å². The summed E-state index contributed by atoms with van der Waals surface area (Å²) in [6.07, 6.45) is 0. The number of aryl methyl sites for hydroxylation is 2. The van der Waals surface area contributed by atoms with Crippen molar-refractivity contribution >= 4 is 29.4 Å². The third-order valence-electron chi connectivity index (χ3n) is 3.56. The monoisotopic (exact) mass is 408 g/mol. The molecule has 0 aromatic heterocycles. The van der Waals surface area contributed by atoms with Crippen LogP contribution in [0.1, 0.15) is 21.5 Å². The number of carbonyl (C=O) groups excluding carboxylic acids is 3. The molecule has 0 saturated carbocycles. The maximum Gasteiger partial charge on any atom is 0.344 e. The second-order valence-corrected chi connectivity index (χ2v) is 6.24. The third-order valence-corrected chi connectivity index (χ3v) is 3.78. The first-order valence-corrected chi connectivity index (χ1v) is 8.54. The summed E-state index contributed by atoms with van der Waals surface area (Å²) in [5, 5.41) is 0.555. The standard InChI is InChI=1S/C19H18ClFN2O5/c1-11-7-13(20)8-12(2)18(11)28-10-17(25)27-9-16(24)22-23-19(26)14-5-3-4-6-15(14)21/h3-8H,9-10H2,1-2H3,(H,22,24)(H,23,26). The highest BCUT2D eigenvalue weighted by Gasteiger charge is 2.14. The molecule has 28 heavy (non-hydrogen) atoms. The average molecular weight is 409 g/mol. The van der Waals surface area contributed by atoms with Gasteiger partial charge in [0.05, 0.1) is 5.56 Å². The van der Waals surface area contributed by atoms with Gasteiger partial charge in [0, 0.05) is 5.02 Å². The number of hydrogen-bond donors (Lipinski definition) is 2. The summed E-state index contributed by atoms with van der Waals surface area (Å²) < 4.78 is 23.6. The zero-order valence-electron chi connectivity index (χ0n) is 15.2. The maximum absolute atomic E-state index is 13.5. The molecular formula is C19H18ClFN2O5. The number of esters is 1. The summed E-state index contributed by atoms with van der Waals surface area (Å²) in [6, 6.07) is 8.67. The average Bonchev–Trinajstić information content (AvgIpc) is 2.64. The Morgan fingerprint density at radius 1 is 1.04 bits per heavy atom. The van der Waals surface area contributed by atoms with E-state index in [1.54, 1.807) is 26.0 Å². The zero-order valence-corrected chi connectivity index (χ0v) is 15.9. The first kappa shape index (κ1) is 21.2. The van der Waals surface area contributed by atoms with Gasteiger partial charge < -0.3 is 9.47 Å². The summed E-state index contributed by atoms with van der Waals surface area (Å²) in [5.41, 5.74) is 5.33. The number of benzene rings is 2. The molecule has 2 rings (SSSR count). The number of carbonyl (C=O) groups is 3. The van der Waals surface area contributed by atoms with E-state index in [1.807, 2.05) is 10.9 Å². The van der Waals surface area contributed by atoms with E-state index in [9.17, 15) is 18.8 Å². The van der Waals surface area contributed by atoms with E-state index in [-0.39, 0.29) is 5.56 Å². The van der Waals surface area contributed by atoms with Gasteiger partial charge in [-0.25, -0.2) is 9.18 Å². The van der Waals surface area contributed by atoms with Crippen LogP contribution in [0.4, 0.5) is 4.39 Å². The van der Waals surface area contributed by atoms with Gasteiger partial charge in [0.1, 0.15) is 11.6 Å². The van der Waals surface area contributed by atoms with Crippen LogP contribution in [-0.4, -0.2) is 31.0 Å². The van der Waals surface area contributed by atoms with Gasteiger partial charge >= 0.3 is 5.97 Å². The Kier molecular flexibility index (Phi) is 7.34. The lowest BCUT2D eigenvalue weighted by Crippen LogP contribution is -2.44. The first-order chi connectivity index (χ1) is 13.3. The van der Waals surface area contributed by atoms with Gasteiger partial charge in [0.15, 0.2) is 13.2 Å². The van der Waals surface area contributed by atoms with E-state index in [2.05, 4.69) is 0 Å². The van der Waals surface area contributed by atoms with E-state index in [0.29, 0.717) is 10.8 Å². The molecule has 2 amide bonds. The van der Waals surface area contributed by atoms with Crippen LogP contribution < -0.4 is 15.6 Å². The van der Waals surface area contributed by atoms with E-state index in [1.165, 1.54) is 18.2 Å². The number of amides is 2. The van der Waals surface area contributed by atoms with Gasteiger partial charge in [-0.15, -0.1) is 0 Å². The molecule has 0 atom stereocenters. The maximum atomic E-state index is 13.5. The summed E-state index contributed by atoms with van der Waals surface area (Å²) in [4.78, 5) is 35.1. The minimum absolute atomic E-state index is 0.234. The molecule has 0 aliphatic rings. The summed E-state index contributed by atoms with van der Waals surface area (Å²) >= 11 is 5.93. The first-order valence-electron chi connectivity index (χ1n) is 8.17. The predicted molar refractivity (Wildman–Crippen MR) is 99.4 cm³/mol. The lowest BCUT2D eigenvalue weighted by Gasteiger charge is -2.12. The number of halogens is 2. The van der Waals surface area contributed by atoms with Crippen LogP contribution in [0, 0.1) is 19.7 Å². The fraction of sp³-hybridized carbons (Fsp3) is 0.211. The highest BCUT2D eigenvalue weighted by molar-refractivity contribution is 6.30. The molecule has 0 aliphatic heterocycles. The van der Waals surface area contributed by atoms with Gasteiger partial charge in [0.25, 0.3) is 11.8 Å². The fourth-order valence-electron chi connectivity index (χ4n) is 2.32. The lowest BCUT2D eigenvalue weighted by molar-refractivity contribution is -0.150. The second-order valence-electron chi connectivity index (χ2n) is 5.80. The normalized spacial score (nSPS) is 10.1. The molecule has 0 bridgehead atoms. The molecule has 0 radical (unpaired) electrons. The number of rotatable bonds is 6. The number of hydrazine groups is 1. The number of ether oxygens (including phenoxy) is 2. The summed E-state index contributed by atoms with van der Waals surface area (Å²) in [6.45, 7) is 2.52. The molecule has 0 saturated heterocycles. The SMILES string of the molecule is Cc1cc(Cl)cc(C)c1OCC(=O)OCC(=O)NNC(=O)c1ccccc1F. The van der Waals surface area contributed by atoms with Crippen LogP contribution >= 0.6 is 11.6 Å². The van der Waals surface area contributed by atoms with E-state index >= 15 is 0 Å². The summed E-state index contributed by atoms with van der Waals surface area (Å²) in [5.74, 6) is -2.63. The summed E-state index contributed by atoms with van der Waals surface area (Å²) in [7, 11) is 0. The Hall–Kier alpha value is -3.13. The third kappa shape index (κ3) is 5.95. The molecule has 9 heteroatoms. The molecule has 2 aromatic rings. The molecule has 0 aliphatic carbocycles. The highest BCUT2D eigenvalue weighted by Crippen LogP contribution is 2.26. The highest BCUT2D eigenvalue weighted by atomic mass is 35.5. The molecule has 0 fully saturated rings. The Balaban J connectivity index is 1.75. The van der Waals surface area contributed by atoms with Gasteiger partial charge in [-0.1, -0.05) is 23.7 Å². The number of nitrogens with one attached hydrogen (secondary N) is 2. The van der Waals surface area contributed by atoms with Crippen molar-refractivity contribution in [1.29, 1.82) is 0 Å². The van der Waals surface area contributed by atoms with Crippen molar-refractivity contribution in [3.05, 3.63) is 63.9 Å². The minimum atomic E-state index is -0.838. The predicted octanol–water partition coefficient (Wildman–Crippen LogP) is 2.48. The topological polar surface area (TPSA) is 93.7 Å². The van der Waals surface area contributed by atoms with E-state index in [4.69, 9.17) is 21.1 Å². The molecule has 7 nitrogen and oxygen atoms in total. The molecule has 148 valence electrons. The Morgan fingerprint density at radius 2 is 1.68 bits per heavy atom. The Labute approximate surface area is 165 Å². The van der Waals surface area contributed by atoms with Crippen molar-refractivity contribution in [2.75, 3.05) is 13.2 Å². The molecule has 2 aromatic carbocycles. The lowest BCUT2D eigenvalue weighted by atomic mass is 10.1. The second kappa shape index (κ2) is 9.70. The van der Waals surface area contributed by atoms with Crippen molar-refractivity contribution in [3.63, 3.8) is 0 Å². The van der Waals surface area contributed by atoms with Crippen molar-refractivity contribution < 1.29 is 28.2 Å². The van der Waals surface area contributed by atoms with E-state index in [0.717, 1.165) is 17.2 Å². The molecule has 2 N–H and O–H groups in total. The fourth-order valence-corrected chi connectivity index (χ4v) is 2.65. The van der Waals surface area contributed by atoms with Crippen molar-refractivity contribution in [2.24, 2.45) is 0 Å². The van der Waals surface area contributed by atoms with Crippen molar-refractivity contribution in [2.45, 2.75) is 13.8 Å². The Bertz CT molecular complexity index is 881. The molecule has 0 heterocycles. The zero-order chi connectivity index (χ0) is 20.7. The quantitative estimate of drug-likeness (QED) is 0.565. The van der Waals surface area contributed by atoms with E-state index < -0.39 is 36.8 Å². The van der Waals surface area contributed by atoms with Crippen LogP contribution in [0.3, 0.4) is 0 Å². The van der Waals surface area contributed by atoms with Gasteiger partial charge in [-0.05, 0) is 49.2 Å². The van der Waals surface area contributed by atoms with Crippen LogP contribution in [0.5, 0.6) is 5.75 Å². The smallest absolute Gasteiger partial charge is 0.344 e. The van der Waals surface area contributed by atoms with Crippen molar-refractivity contribution in [3.8, 4) is 5.75 Å².